The fourth-order valence-corrected chi connectivity index (χ4v) is 2.68. The molecule has 0 radical (unpaired) electrons. The van der Waals surface area contributed by atoms with Crippen LogP contribution in [0.4, 0.5) is 5.69 Å². The molecule has 3 rings (SSSR count). The lowest BCUT2D eigenvalue weighted by atomic mass is 9.93. The van der Waals surface area contributed by atoms with E-state index in [1.807, 2.05) is 37.3 Å². The Morgan fingerprint density at radius 1 is 1.44 bits per heavy atom. The molecule has 0 unspecified atom stereocenters. The molecule has 0 fully saturated rings. The Balaban J connectivity index is 2.23. The molecule has 0 saturated carbocycles. The van der Waals surface area contributed by atoms with E-state index >= 15 is 0 Å². The third-order valence-electron chi connectivity index (χ3n) is 3.45. The predicted molar refractivity (Wildman–Crippen MR) is 61.0 cm³/mol. The largest absolute Gasteiger partial charge is 0.488 e. The molecule has 1 aromatic carbocycles. The van der Waals surface area contributed by atoms with Gasteiger partial charge in [-0.05, 0) is 19.1 Å². The highest BCUT2D eigenvalue weighted by Gasteiger charge is 2.51. The van der Waals surface area contributed by atoms with E-state index in [1.54, 1.807) is 18.1 Å². The molecule has 0 aliphatic carbocycles. The lowest BCUT2D eigenvalue weighted by Crippen LogP contribution is -2.42. The zero-order valence-corrected chi connectivity index (χ0v) is 9.31. The maximum Gasteiger partial charge on any atom is 0.224 e. The summed E-state index contributed by atoms with van der Waals surface area (Å²) in [5, 5.41) is 0. The Bertz CT molecular complexity index is 494. The minimum absolute atomic E-state index is 0.0117. The Morgan fingerprint density at radius 3 is 2.94 bits per heavy atom. The highest BCUT2D eigenvalue weighted by Crippen LogP contribution is 2.49. The number of anilines is 1. The van der Waals surface area contributed by atoms with Crippen molar-refractivity contribution in [3.05, 3.63) is 42.2 Å². The molecule has 82 valence electrons. The van der Waals surface area contributed by atoms with Crippen LogP contribution in [0.1, 0.15) is 19.4 Å². The number of para-hydroxylation sites is 1. The van der Waals surface area contributed by atoms with Gasteiger partial charge in [0.15, 0.2) is 5.60 Å². The van der Waals surface area contributed by atoms with Gasteiger partial charge in [-0.1, -0.05) is 18.2 Å². The third-order valence-corrected chi connectivity index (χ3v) is 3.45. The molecule has 3 heteroatoms. The van der Waals surface area contributed by atoms with Crippen LogP contribution >= 0.6 is 0 Å². The molecular weight excluding hydrogens is 202 g/mol. The van der Waals surface area contributed by atoms with E-state index < -0.39 is 5.60 Å². The minimum atomic E-state index is -0.414. The smallest absolute Gasteiger partial charge is 0.224 e. The highest BCUT2D eigenvalue weighted by molar-refractivity contribution is 5.96. The van der Waals surface area contributed by atoms with Gasteiger partial charge in [0.25, 0.3) is 0 Å². The van der Waals surface area contributed by atoms with Crippen molar-refractivity contribution in [3.8, 4) is 0 Å². The van der Waals surface area contributed by atoms with Crippen LogP contribution in [-0.2, 0) is 15.1 Å². The van der Waals surface area contributed by atoms with Crippen LogP contribution in [0.5, 0.6) is 0 Å². The van der Waals surface area contributed by atoms with E-state index in [2.05, 4.69) is 0 Å². The van der Waals surface area contributed by atoms with Crippen LogP contribution < -0.4 is 4.90 Å². The summed E-state index contributed by atoms with van der Waals surface area (Å²) in [6.45, 7) is 3.62. The van der Waals surface area contributed by atoms with E-state index in [1.165, 1.54) is 0 Å². The number of amides is 1. The summed E-state index contributed by atoms with van der Waals surface area (Å²) in [7, 11) is 0. The molecule has 2 aliphatic rings. The van der Waals surface area contributed by atoms with E-state index in [-0.39, 0.29) is 11.9 Å². The Hall–Kier alpha value is -1.77. The van der Waals surface area contributed by atoms with Crippen LogP contribution in [0, 0.1) is 0 Å². The van der Waals surface area contributed by atoms with Crippen LogP contribution in [-0.4, -0.2) is 11.9 Å². The Labute approximate surface area is 94.3 Å². The first kappa shape index (κ1) is 9.46. The van der Waals surface area contributed by atoms with Crippen molar-refractivity contribution < 1.29 is 9.53 Å². The van der Waals surface area contributed by atoms with Crippen molar-refractivity contribution in [3.63, 3.8) is 0 Å². The van der Waals surface area contributed by atoms with E-state index in [9.17, 15) is 4.79 Å². The van der Waals surface area contributed by atoms with Crippen molar-refractivity contribution in [2.24, 2.45) is 0 Å². The number of benzene rings is 1. The third kappa shape index (κ3) is 0.953. The highest BCUT2D eigenvalue weighted by atomic mass is 16.5. The second-order valence-electron chi connectivity index (χ2n) is 4.40. The Morgan fingerprint density at radius 2 is 2.19 bits per heavy atom. The van der Waals surface area contributed by atoms with Crippen molar-refractivity contribution in [1.82, 2.24) is 0 Å². The van der Waals surface area contributed by atoms with Crippen LogP contribution in [0.25, 0.3) is 0 Å². The Kier molecular flexibility index (Phi) is 1.70. The first-order valence-corrected chi connectivity index (χ1v) is 5.38. The molecule has 0 saturated heterocycles. The van der Waals surface area contributed by atoms with Crippen molar-refractivity contribution >= 4 is 11.6 Å². The molecule has 3 nitrogen and oxygen atoms in total. The second-order valence-corrected chi connectivity index (χ2v) is 4.40. The average molecular weight is 215 g/mol. The number of fused-ring (bicyclic) bond motifs is 3. The molecule has 16 heavy (non-hydrogen) atoms. The average Bonchev–Trinajstić information content (AvgIpc) is 2.71. The summed E-state index contributed by atoms with van der Waals surface area (Å²) in [6.07, 6.45) is 3.64. The van der Waals surface area contributed by atoms with Crippen molar-refractivity contribution in [1.29, 1.82) is 0 Å². The monoisotopic (exact) mass is 215 g/mol. The molecule has 2 heterocycles. The summed E-state index contributed by atoms with van der Waals surface area (Å²) < 4.78 is 5.70. The number of nitrogens with zero attached hydrogens (tertiary/aromatic N) is 1. The van der Waals surface area contributed by atoms with Gasteiger partial charge in [0, 0.05) is 12.5 Å². The quantitative estimate of drug-likeness (QED) is 0.664. The van der Waals surface area contributed by atoms with Gasteiger partial charge >= 0.3 is 0 Å². The zero-order chi connectivity index (χ0) is 11.3. The summed E-state index contributed by atoms with van der Waals surface area (Å²) in [4.78, 5) is 13.5. The van der Waals surface area contributed by atoms with Crippen LogP contribution in [0.3, 0.4) is 0 Å². The normalized spacial score (nSPS) is 29.9. The first-order chi connectivity index (χ1) is 7.64. The van der Waals surface area contributed by atoms with Gasteiger partial charge in [-0.2, -0.15) is 0 Å². The van der Waals surface area contributed by atoms with E-state index in [0.29, 0.717) is 0 Å². The molecule has 0 aromatic heterocycles. The summed E-state index contributed by atoms with van der Waals surface area (Å²) in [5.74, 6) is 0.0522. The topological polar surface area (TPSA) is 29.5 Å². The predicted octanol–water partition coefficient (Wildman–Crippen LogP) is 2.18. The molecule has 2 aliphatic heterocycles. The number of hydrogen-bond acceptors (Lipinski definition) is 2. The van der Waals surface area contributed by atoms with Crippen LogP contribution in [0.15, 0.2) is 36.6 Å². The molecule has 2 atom stereocenters. The standard InChI is InChI=1S/C13H13NO2/c1-9(15)14-11-6-4-3-5-10(11)13(2)12(14)7-8-16-13/h3-8,12H,1-2H3/t12-,13-/m0/s1. The summed E-state index contributed by atoms with van der Waals surface area (Å²) >= 11 is 0. The van der Waals surface area contributed by atoms with Gasteiger partial charge in [-0.25, -0.2) is 0 Å². The van der Waals surface area contributed by atoms with Crippen LogP contribution in [0.2, 0.25) is 0 Å². The molecule has 1 amide bonds. The molecule has 0 bridgehead atoms. The maximum atomic E-state index is 11.7. The summed E-state index contributed by atoms with van der Waals surface area (Å²) in [5.41, 5.74) is 1.63. The zero-order valence-electron chi connectivity index (χ0n) is 9.31. The van der Waals surface area contributed by atoms with Gasteiger partial charge in [-0.3, -0.25) is 4.79 Å². The minimum Gasteiger partial charge on any atom is -0.488 e. The molecule has 0 N–H and O–H groups in total. The number of carbonyl (C=O) groups excluding carboxylic acids is 1. The van der Waals surface area contributed by atoms with Gasteiger partial charge in [-0.15, -0.1) is 0 Å². The fourth-order valence-electron chi connectivity index (χ4n) is 2.68. The SMILES string of the molecule is CC(=O)N1c2ccccc2[C@]2(C)OC=C[C@H]12. The van der Waals surface area contributed by atoms with Crippen molar-refractivity contribution in [2.45, 2.75) is 25.5 Å². The first-order valence-electron chi connectivity index (χ1n) is 5.38. The van der Waals surface area contributed by atoms with Gasteiger partial charge in [0.2, 0.25) is 5.91 Å². The van der Waals surface area contributed by atoms with Gasteiger partial charge in [0.1, 0.15) is 6.04 Å². The summed E-state index contributed by atoms with van der Waals surface area (Å²) in [6, 6.07) is 7.91. The van der Waals surface area contributed by atoms with Gasteiger partial charge < -0.3 is 9.64 Å². The number of hydrogen-bond donors (Lipinski definition) is 0. The molecule has 0 spiro atoms. The van der Waals surface area contributed by atoms with E-state index in [4.69, 9.17) is 4.74 Å². The molecule has 1 aromatic rings. The number of carbonyl (C=O) groups is 1. The number of ether oxygens (including phenoxy) is 1. The fraction of sp³-hybridized carbons (Fsp3) is 0.308. The van der Waals surface area contributed by atoms with E-state index in [0.717, 1.165) is 11.3 Å². The van der Waals surface area contributed by atoms with Crippen molar-refractivity contribution in [2.75, 3.05) is 4.90 Å². The second kappa shape index (κ2) is 2.88. The van der Waals surface area contributed by atoms with Gasteiger partial charge in [0.05, 0.1) is 11.9 Å². The molecular formula is C13H13NO2. The number of rotatable bonds is 0. The lowest BCUT2D eigenvalue weighted by molar-refractivity contribution is -0.117. The lowest BCUT2D eigenvalue weighted by Gasteiger charge is -2.27. The maximum absolute atomic E-state index is 11.7.